The number of thiophene rings is 1. The number of nitrogens with zero attached hydrogens (tertiary/aromatic N) is 1. The van der Waals surface area contributed by atoms with Crippen molar-refractivity contribution in [2.75, 3.05) is 6.79 Å². The molecule has 1 aliphatic rings. The molecule has 2 aromatic rings. The normalized spacial score (nSPS) is 14.6. The van der Waals surface area contributed by atoms with Gasteiger partial charge in [-0.25, -0.2) is 0 Å². The van der Waals surface area contributed by atoms with Gasteiger partial charge < -0.3 is 20.4 Å². The molecule has 0 amide bonds. The van der Waals surface area contributed by atoms with Crippen molar-refractivity contribution in [1.29, 1.82) is 0 Å². The third-order valence-electron chi connectivity index (χ3n) is 2.37. The Bertz CT molecular complexity index is 550. The molecule has 0 aliphatic carbocycles. The predicted octanol–water partition coefficient (Wildman–Crippen LogP) is 1.72. The van der Waals surface area contributed by atoms with Gasteiger partial charge in [0.1, 0.15) is 0 Å². The van der Waals surface area contributed by atoms with E-state index in [0.717, 1.165) is 26.5 Å². The second-order valence-electron chi connectivity index (χ2n) is 3.34. The van der Waals surface area contributed by atoms with E-state index in [0.29, 0.717) is 0 Å². The van der Waals surface area contributed by atoms with Crippen LogP contribution in [0.1, 0.15) is 4.88 Å². The summed E-state index contributed by atoms with van der Waals surface area (Å²) in [5.41, 5.74) is 5.53. The number of hydrogen-bond donors (Lipinski definition) is 2. The van der Waals surface area contributed by atoms with Crippen molar-refractivity contribution in [2.24, 2.45) is 10.9 Å². The zero-order valence-corrected chi connectivity index (χ0v) is 8.95. The van der Waals surface area contributed by atoms with Crippen LogP contribution in [0.5, 0.6) is 11.5 Å². The van der Waals surface area contributed by atoms with Gasteiger partial charge in [0.05, 0.1) is 4.88 Å². The van der Waals surface area contributed by atoms with Crippen LogP contribution in [-0.2, 0) is 0 Å². The molecule has 0 unspecified atom stereocenters. The number of fused-ring (bicyclic) bond motifs is 2. The highest BCUT2D eigenvalue weighted by Crippen LogP contribution is 2.39. The lowest BCUT2D eigenvalue weighted by molar-refractivity contribution is 0.174. The van der Waals surface area contributed by atoms with Gasteiger partial charge >= 0.3 is 0 Å². The van der Waals surface area contributed by atoms with E-state index < -0.39 is 0 Å². The van der Waals surface area contributed by atoms with E-state index in [1.54, 1.807) is 0 Å². The summed E-state index contributed by atoms with van der Waals surface area (Å²) in [5.74, 6) is 1.58. The molecule has 2 heterocycles. The van der Waals surface area contributed by atoms with Gasteiger partial charge in [0.2, 0.25) is 6.79 Å². The SMILES string of the molecule is N/C(=N/O)c1cc2cc3c(cc2s1)OCO3. The second-order valence-corrected chi connectivity index (χ2v) is 4.42. The Kier molecular flexibility index (Phi) is 1.90. The molecule has 1 aromatic carbocycles. The molecular weight excluding hydrogens is 228 g/mol. The number of oxime groups is 1. The first-order valence-electron chi connectivity index (χ1n) is 4.59. The van der Waals surface area contributed by atoms with Gasteiger partial charge in [-0.1, -0.05) is 5.16 Å². The molecular formula is C10H8N2O3S. The molecule has 16 heavy (non-hydrogen) atoms. The van der Waals surface area contributed by atoms with E-state index in [1.165, 1.54) is 11.3 Å². The van der Waals surface area contributed by atoms with Crippen molar-refractivity contribution in [3.8, 4) is 11.5 Å². The minimum Gasteiger partial charge on any atom is -0.454 e. The van der Waals surface area contributed by atoms with Gasteiger partial charge in [-0.15, -0.1) is 11.3 Å². The molecule has 0 bridgehead atoms. The van der Waals surface area contributed by atoms with E-state index in [9.17, 15) is 0 Å². The van der Waals surface area contributed by atoms with Crippen molar-refractivity contribution in [1.82, 2.24) is 0 Å². The molecule has 82 valence electrons. The van der Waals surface area contributed by atoms with E-state index in [2.05, 4.69) is 5.16 Å². The lowest BCUT2D eigenvalue weighted by atomic mass is 10.2. The molecule has 0 spiro atoms. The zero-order chi connectivity index (χ0) is 11.1. The third kappa shape index (κ3) is 1.27. The fourth-order valence-corrected chi connectivity index (χ4v) is 2.57. The highest BCUT2D eigenvalue weighted by molar-refractivity contribution is 7.20. The Morgan fingerprint density at radius 2 is 2.06 bits per heavy atom. The fraction of sp³-hybridized carbons (Fsp3) is 0.100. The van der Waals surface area contributed by atoms with Gasteiger partial charge in [-0.3, -0.25) is 0 Å². The Morgan fingerprint density at radius 3 is 2.81 bits per heavy atom. The van der Waals surface area contributed by atoms with Crippen LogP contribution in [0.25, 0.3) is 10.1 Å². The first-order valence-corrected chi connectivity index (χ1v) is 5.40. The van der Waals surface area contributed by atoms with Gasteiger partial charge in [0, 0.05) is 10.8 Å². The third-order valence-corrected chi connectivity index (χ3v) is 3.49. The standard InChI is InChI=1S/C10H8N2O3S/c11-10(12-13)9-2-5-1-6-7(15-4-14-6)3-8(5)16-9/h1-3,13H,4H2,(H2,11,12). The van der Waals surface area contributed by atoms with Crippen LogP contribution in [0.3, 0.4) is 0 Å². The van der Waals surface area contributed by atoms with Crippen molar-refractivity contribution >= 4 is 27.3 Å². The predicted molar refractivity (Wildman–Crippen MR) is 60.5 cm³/mol. The number of ether oxygens (including phenoxy) is 2. The maximum Gasteiger partial charge on any atom is 0.231 e. The summed E-state index contributed by atoms with van der Waals surface area (Å²) in [6.45, 7) is 0.264. The smallest absolute Gasteiger partial charge is 0.231 e. The van der Waals surface area contributed by atoms with Crippen LogP contribution in [-0.4, -0.2) is 17.8 Å². The van der Waals surface area contributed by atoms with Crippen molar-refractivity contribution < 1.29 is 14.7 Å². The number of rotatable bonds is 1. The van der Waals surface area contributed by atoms with Crippen LogP contribution in [0, 0.1) is 0 Å². The molecule has 3 N–H and O–H groups in total. The Morgan fingerprint density at radius 1 is 1.31 bits per heavy atom. The highest BCUT2D eigenvalue weighted by Gasteiger charge is 2.16. The fourth-order valence-electron chi connectivity index (χ4n) is 1.60. The summed E-state index contributed by atoms with van der Waals surface area (Å²) in [5, 5.41) is 12.6. The monoisotopic (exact) mass is 236 g/mol. The minimum absolute atomic E-state index is 0.114. The van der Waals surface area contributed by atoms with Crippen LogP contribution in [0.15, 0.2) is 23.4 Å². The zero-order valence-electron chi connectivity index (χ0n) is 8.14. The van der Waals surface area contributed by atoms with E-state index >= 15 is 0 Å². The summed E-state index contributed by atoms with van der Waals surface area (Å²) in [6.07, 6.45) is 0. The maximum absolute atomic E-state index is 8.60. The number of nitrogens with two attached hydrogens (primary N) is 1. The molecule has 3 rings (SSSR count). The molecule has 1 aliphatic heterocycles. The first-order chi connectivity index (χ1) is 7.78. The van der Waals surface area contributed by atoms with E-state index in [-0.39, 0.29) is 12.6 Å². The van der Waals surface area contributed by atoms with Crippen LogP contribution >= 0.6 is 11.3 Å². The second kappa shape index (κ2) is 3.28. The molecule has 6 heteroatoms. The van der Waals surface area contributed by atoms with Crippen LogP contribution < -0.4 is 15.2 Å². The Hall–Kier alpha value is -1.95. The largest absolute Gasteiger partial charge is 0.454 e. The molecule has 0 radical (unpaired) electrons. The lowest BCUT2D eigenvalue weighted by Crippen LogP contribution is -2.10. The van der Waals surface area contributed by atoms with Crippen LogP contribution in [0.2, 0.25) is 0 Å². The number of hydrogen-bond acceptors (Lipinski definition) is 5. The van der Waals surface area contributed by atoms with E-state index in [1.807, 2.05) is 18.2 Å². The van der Waals surface area contributed by atoms with Crippen molar-refractivity contribution in [3.63, 3.8) is 0 Å². The van der Waals surface area contributed by atoms with Gasteiger partial charge in [-0.05, 0) is 17.5 Å². The molecule has 0 saturated heterocycles. The molecule has 0 fully saturated rings. The van der Waals surface area contributed by atoms with Gasteiger partial charge in [0.15, 0.2) is 17.3 Å². The molecule has 5 nitrogen and oxygen atoms in total. The van der Waals surface area contributed by atoms with Gasteiger partial charge in [0.25, 0.3) is 0 Å². The number of benzene rings is 1. The Labute approximate surface area is 94.7 Å². The maximum atomic E-state index is 8.60. The van der Waals surface area contributed by atoms with Crippen molar-refractivity contribution in [3.05, 3.63) is 23.1 Å². The number of amidine groups is 1. The average molecular weight is 236 g/mol. The average Bonchev–Trinajstić information content (AvgIpc) is 2.89. The molecule has 0 saturated carbocycles. The van der Waals surface area contributed by atoms with Gasteiger partial charge in [-0.2, -0.15) is 0 Å². The molecule has 0 atom stereocenters. The minimum atomic E-state index is 0.114. The summed E-state index contributed by atoms with van der Waals surface area (Å²) in [7, 11) is 0. The van der Waals surface area contributed by atoms with E-state index in [4.69, 9.17) is 20.4 Å². The Balaban J connectivity index is 2.19. The first kappa shape index (κ1) is 9.29. The van der Waals surface area contributed by atoms with Crippen molar-refractivity contribution in [2.45, 2.75) is 0 Å². The summed E-state index contributed by atoms with van der Waals surface area (Å²) in [4.78, 5) is 0.723. The quantitative estimate of drug-likeness (QED) is 0.342. The lowest BCUT2D eigenvalue weighted by Gasteiger charge is -1.94. The summed E-state index contributed by atoms with van der Waals surface area (Å²) in [6, 6.07) is 5.65. The topological polar surface area (TPSA) is 77.1 Å². The summed E-state index contributed by atoms with van der Waals surface area (Å²) >= 11 is 1.44. The van der Waals surface area contributed by atoms with Crippen LogP contribution in [0.4, 0.5) is 0 Å². The molecule has 1 aromatic heterocycles. The highest BCUT2D eigenvalue weighted by atomic mass is 32.1. The summed E-state index contributed by atoms with van der Waals surface area (Å²) < 4.78 is 11.6.